The minimum Gasteiger partial charge on any atom is -0.405 e. The first-order chi connectivity index (χ1) is 6.98. The van der Waals surface area contributed by atoms with Gasteiger partial charge in [-0.15, -0.1) is 13.2 Å². The number of nitrogens with two attached hydrogens (primary N) is 1. The van der Waals surface area contributed by atoms with Gasteiger partial charge in [-0.05, 0) is 6.07 Å². The van der Waals surface area contributed by atoms with E-state index in [-0.39, 0.29) is 17.8 Å². The summed E-state index contributed by atoms with van der Waals surface area (Å²) in [6.07, 6.45) is -3.75. The van der Waals surface area contributed by atoms with Gasteiger partial charge in [0.1, 0.15) is 17.5 Å². The van der Waals surface area contributed by atoms with Gasteiger partial charge in [0.05, 0.1) is 0 Å². The summed E-state index contributed by atoms with van der Waals surface area (Å²) in [5, 5.41) is 8.57. The second-order valence-electron chi connectivity index (χ2n) is 2.50. The molecule has 1 aromatic heterocycles. The summed E-state index contributed by atoms with van der Waals surface area (Å²) >= 11 is 0. The van der Waals surface area contributed by atoms with Crippen LogP contribution in [0.5, 0.6) is 5.75 Å². The van der Waals surface area contributed by atoms with Gasteiger partial charge in [0.15, 0.2) is 0 Å². The Morgan fingerprint density at radius 1 is 1.53 bits per heavy atom. The average Bonchev–Trinajstić information content (AvgIpc) is 2.15. The van der Waals surface area contributed by atoms with Crippen molar-refractivity contribution in [1.82, 2.24) is 4.98 Å². The van der Waals surface area contributed by atoms with Crippen molar-refractivity contribution < 1.29 is 17.9 Å². The van der Waals surface area contributed by atoms with Gasteiger partial charge in [0.2, 0.25) is 0 Å². The van der Waals surface area contributed by atoms with E-state index in [1.807, 2.05) is 0 Å². The predicted octanol–water partition coefficient (Wildman–Crippen LogP) is 1.31. The molecular formula is C8H6F3N3O. The molecule has 0 bridgehead atoms. The summed E-state index contributed by atoms with van der Waals surface area (Å²) in [6.45, 7) is -0.248. The van der Waals surface area contributed by atoms with E-state index in [0.717, 1.165) is 12.3 Å². The van der Waals surface area contributed by atoms with Crippen LogP contribution in [0.1, 0.15) is 11.3 Å². The minimum absolute atomic E-state index is 0.0580. The third-order valence-corrected chi connectivity index (χ3v) is 1.55. The first-order valence-electron chi connectivity index (χ1n) is 3.81. The van der Waals surface area contributed by atoms with Crippen molar-refractivity contribution in [2.45, 2.75) is 12.9 Å². The normalized spacial score (nSPS) is 10.9. The molecule has 0 aliphatic rings. The summed E-state index contributed by atoms with van der Waals surface area (Å²) in [7, 11) is 0. The van der Waals surface area contributed by atoms with Crippen LogP contribution >= 0.6 is 0 Å². The maximum Gasteiger partial charge on any atom is 0.573 e. The number of hydrogen-bond acceptors (Lipinski definition) is 4. The quantitative estimate of drug-likeness (QED) is 0.810. The molecule has 0 atom stereocenters. The molecule has 0 spiro atoms. The Morgan fingerprint density at radius 2 is 2.20 bits per heavy atom. The lowest BCUT2D eigenvalue weighted by molar-refractivity contribution is -0.274. The molecule has 0 radical (unpaired) electrons. The lowest BCUT2D eigenvalue weighted by atomic mass is 10.2. The molecule has 0 aliphatic carbocycles. The smallest absolute Gasteiger partial charge is 0.405 e. The van der Waals surface area contributed by atoms with Crippen LogP contribution in [0.25, 0.3) is 0 Å². The first kappa shape index (κ1) is 11.3. The van der Waals surface area contributed by atoms with Gasteiger partial charge in [-0.2, -0.15) is 5.26 Å². The van der Waals surface area contributed by atoms with Crippen LogP contribution in [0.4, 0.5) is 13.2 Å². The predicted molar refractivity (Wildman–Crippen MR) is 43.5 cm³/mol. The molecule has 15 heavy (non-hydrogen) atoms. The number of hydrogen-bond donors (Lipinski definition) is 1. The summed E-state index contributed by atoms with van der Waals surface area (Å²) in [4.78, 5) is 3.57. The molecule has 1 rings (SSSR count). The third-order valence-electron chi connectivity index (χ3n) is 1.55. The molecule has 0 aliphatic heterocycles. The molecule has 4 nitrogen and oxygen atoms in total. The molecule has 0 amide bonds. The highest BCUT2D eigenvalue weighted by molar-refractivity contribution is 5.41. The van der Waals surface area contributed by atoms with E-state index < -0.39 is 12.1 Å². The van der Waals surface area contributed by atoms with Crippen molar-refractivity contribution in [1.29, 1.82) is 5.26 Å². The molecule has 80 valence electrons. The van der Waals surface area contributed by atoms with E-state index in [1.165, 1.54) is 0 Å². The largest absolute Gasteiger partial charge is 0.573 e. The van der Waals surface area contributed by atoms with Gasteiger partial charge >= 0.3 is 6.36 Å². The summed E-state index contributed by atoms with van der Waals surface area (Å²) in [5.41, 5.74) is 4.98. The number of pyridine rings is 1. The van der Waals surface area contributed by atoms with Crippen LogP contribution in [-0.2, 0) is 6.54 Å². The number of nitriles is 1. The molecular weight excluding hydrogens is 211 g/mol. The Balaban J connectivity index is 3.14. The van der Waals surface area contributed by atoms with Crippen LogP contribution in [0.15, 0.2) is 12.3 Å². The molecule has 1 aromatic rings. The van der Waals surface area contributed by atoms with Crippen molar-refractivity contribution >= 4 is 0 Å². The van der Waals surface area contributed by atoms with Gasteiger partial charge in [-0.3, -0.25) is 0 Å². The fourth-order valence-corrected chi connectivity index (χ4v) is 0.989. The van der Waals surface area contributed by atoms with Gasteiger partial charge in [-0.1, -0.05) is 0 Å². The zero-order chi connectivity index (χ0) is 11.5. The number of ether oxygens (including phenoxy) is 1. The van der Waals surface area contributed by atoms with E-state index in [1.54, 1.807) is 6.07 Å². The minimum atomic E-state index is -4.81. The van der Waals surface area contributed by atoms with E-state index in [0.29, 0.717) is 0 Å². The second kappa shape index (κ2) is 4.14. The van der Waals surface area contributed by atoms with Crippen molar-refractivity contribution in [2.75, 3.05) is 0 Å². The second-order valence-corrected chi connectivity index (χ2v) is 2.50. The molecule has 2 N–H and O–H groups in total. The monoisotopic (exact) mass is 217 g/mol. The number of alkyl halides is 3. The van der Waals surface area contributed by atoms with Gasteiger partial charge in [0.25, 0.3) is 0 Å². The van der Waals surface area contributed by atoms with Crippen LogP contribution in [-0.4, -0.2) is 11.3 Å². The molecule has 1 heterocycles. The Hall–Kier alpha value is -1.81. The molecule has 0 unspecified atom stereocenters. The van der Waals surface area contributed by atoms with Crippen molar-refractivity contribution in [3.05, 3.63) is 23.5 Å². The van der Waals surface area contributed by atoms with Crippen molar-refractivity contribution in [3.63, 3.8) is 0 Å². The Labute approximate surface area is 83.1 Å². The number of nitrogens with zero attached hydrogens (tertiary/aromatic N) is 2. The van der Waals surface area contributed by atoms with Crippen LogP contribution < -0.4 is 10.5 Å². The van der Waals surface area contributed by atoms with E-state index in [2.05, 4.69) is 9.72 Å². The van der Waals surface area contributed by atoms with Gasteiger partial charge in [0, 0.05) is 18.3 Å². The highest BCUT2D eigenvalue weighted by Crippen LogP contribution is 2.26. The van der Waals surface area contributed by atoms with E-state index in [9.17, 15) is 13.2 Å². The maximum atomic E-state index is 11.9. The molecule has 0 saturated heterocycles. The topological polar surface area (TPSA) is 71.9 Å². The SMILES string of the molecule is N#Cc1nccc(OC(F)(F)F)c1CN. The maximum absolute atomic E-state index is 11.9. The number of aromatic nitrogens is 1. The van der Waals surface area contributed by atoms with E-state index in [4.69, 9.17) is 11.0 Å². The fraction of sp³-hybridized carbons (Fsp3) is 0.250. The Bertz CT molecular complexity index is 397. The highest BCUT2D eigenvalue weighted by Gasteiger charge is 2.32. The number of halogens is 3. The summed E-state index contributed by atoms with van der Waals surface area (Å²) < 4.78 is 39.5. The fourth-order valence-electron chi connectivity index (χ4n) is 0.989. The standard InChI is InChI=1S/C8H6F3N3O/c9-8(10,11)15-7-1-2-14-6(4-13)5(7)3-12/h1-2H,3,12H2. The zero-order valence-electron chi connectivity index (χ0n) is 7.38. The molecule has 0 fully saturated rings. The third kappa shape index (κ3) is 2.82. The Morgan fingerprint density at radius 3 is 2.67 bits per heavy atom. The van der Waals surface area contributed by atoms with Crippen molar-refractivity contribution in [3.8, 4) is 11.8 Å². The van der Waals surface area contributed by atoms with Gasteiger partial charge in [-0.25, -0.2) is 4.98 Å². The summed E-state index contributed by atoms with van der Waals surface area (Å²) in [6, 6.07) is 2.64. The Kier molecular flexibility index (Phi) is 3.11. The van der Waals surface area contributed by atoms with Gasteiger partial charge < -0.3 is 10.5 Å². The lowest BCUT2D eigenvalue weighted by Gasteiger charge is -2.12. The first-order valence-corrected chi connectivity index (χ1v) is 3.81. The number of rotatable bonds is 2. The van der Waals surface area contributed by atoms with Crippen molar-refractivity contribution in [2.24, 2.45) is 5.73 Å². The highest BCUT2D eigenvalue weighted by atomic mass is 19.4. The van der Waals surface area contributed by atoms with Crippen LogP contribution in [0.3, 0.4) is 0 Å². The van der Waals surface area contributed by atoms with E-state index >= 15 is 0 Å². The zero-order valence-corrected chi connectivity index (χ0v) is 7.38. The van der Waals surface area contributed by atoms with Crippen LogP contribution in [0, 0.1) is 11.3 Å². The molecule has 0 saturated carbocycles. The summed E-state index contributed by atoms with van der Waals surface area (Å²) in [5.74, 6) is -0.489. The lowest BCUT2D eigenvalue weighted by Crippen LogP contribution is -2.19. The average molecular weight is 217 g/mol. The van der Waals surface area contributed by atoms with Crippen LogP contribution in [0.2, 0.25) is 0 Å². The molecule has 0 aromatic carbocycles. The molecule has 7 heteroatoms.